The molecule has 3 rings (SSSR count). The molecule has 0 atom stereocenters. The summed E-state index contributed by atoms with van der Waals surface area (Å²) in [6, 6.07) is 10.6. The highest BCUT2D eigenvalue weighted by atomic mass is 16.5. The average Bonchev–Trinajstić information content (AvgIpc) is 2.90. The first kappa shape index (κ1) is 12.2. The molecule has 2 N–H and O–H groups in total. The van der Waals surface area contributed by atoms with E-state index in [1.807, 2.05) is 6.07 Å². The summed E-state index contributed by atoms with van der Waals surface area (Å²) in [4.78, 5) is 16.0. The molecule has 6 heteroatoms. The Labute approximate surface area is 114 Å². The minimum atomic E-state index is -0.253. The Morgan fingerprint density at radius 3 is 2.95 bits per heavy atom. The second kappa shape index (κ2) is 5.00. The Hall–Kier alpha value is -2.89. The van der Waals surface area contributed by atoms with Gasteiger partial charge in [0.25, 0.3) is 5.91 Å². The van der Waals surface area contributed by atoms with E-state index in [4.69, 9.17) is 4.74 Å². The number of methoxy groups -OCH3 is 1. The number of nitrogens with zero attached hydrogens (tertiary/aromatic N) is 2. The normalized spacial score (nSPS) is 10.4. The first-order valence-electron chi connectivity index (χ1n) is 6.02. The molecule has 1 aromatic carbocycles. The predicted molar refractivity (Wildman–Crippen MR) is 74.8 cm³/mol. The van der Waals surface area contributed by atoms with Gasteiger partial charge >= 0.3 is 0 Å². The van der Waals surface area contributed by atoms with Crippen molar-refractivity contribution < 1.29 is 9.53 Å². The van der Waals surface area contributed by atoms with Gasteiger partial charge in [0.05, 0.1) is 18.0 Å². The monoisotopic (exact) mass is 268 g/mol. The molecule has 20 heavy (non-hydrogen) atoms. The molecule has 0 radical (unpaired) electrons. The molecule has 0 spiro atoms. The van der Waals surface area contributed by atoms with E-state index in [0.29, 0.717) is 17.3 Å². The maximum absolute atomic E-state index is 12.0. The van der Waals surface area contributed by atoms with Crippen LogP contribution in [0.15, 0.2) is 42.6 Å². The van der Waals surface area contributed by atoms with Crippen LogP contribution in [0.1, 0.15) is 10.5 Å². The maximum Gasteiger partial charge on any atom is 0.274 e. The minimum absolute atomic E-state index is 0.253. The Kier molecular flexibility index (Phi) is 3.04. The van der Waals surface area contributed by atoms with E-state index in [1.54, 1.807) is 43.6 Å². The molecular weight excluding hydrogens is 256 g/mol. The van der Waals surface area contributed by atoms with Gasteiger partial charge in [-0.25, -0.2) is 0 Å². The summed E-state index contributed by atoms with van der Waals surface area (Å²) in [6.07, 6.45) is 1.58. The zero-order chi connectivity index (χ0) is 13.9. The molecular formula is C14H12N4O2. The van der Waals surface area contributed by atoms with Crippen LogP contribution in [-0.4, -0.2) is 28.2 Å². The van der Waals surface area contributed by atoms with Crippen molar-refractivity contribution in [3.63, 3.8) is 0 Å². The molecule has 0 aliphatic heterocycles. The Morgan fingerprint density at radius 1 is 1.30 bits per heavy atom. The van der Waals surface area contributed by atoms with Crippen LogP contribution >= 0.6 is 0 Å². The van der Waals surface area contributed by atoms with E-state index in [2.05, 4.69) is 20.5 Å². The second-order valence-corrected chi connectivity index (χ2v) is 4.16. The summed E-state index contributed by atoms with van der Waals surface area (Å²) in [5.74, 6) is 0.277. The van der Waals surface area contributed by atoms with Crippen molar-refractivity contribution in [2.24, 2.45) is 0 Å². The number of pyridine rings is 1. The molecule has 0 bridgehead atoms. The predicted octanol–water partition coefficient (Wildman–Crippen LogP) is 2.22. The number of nitrogens with one attached hydrogen (secondary N) is 2. The first-order valence-corrected chi connectivity index (χ1v) is 6.02. The highest BCUT2D eigenvalue weighted by Gasteiger charge is 2.09. The average molecular weight is 268 g/mol. The van der Waals surface area contributed by atoms with Crippen molar-refractivity contribution in [3.05, 3.63) is 48.3 Å². The van der Waals surface area contributed by atoms with Crippen molar-refractivity contribution >= 4 is 22.5 Å². The fraction of sp³-hybridized carbons (Fsp3) is 0.0714. The van der Waals surface area contributed by atoms with Crippen LogP contribution in [0.25, 0.3) is 10.9 Å². The van der Waals surface area contributed by atoms with Crippen LogP contribution in [0.5, 0.6) is 5.88 Å². The fourth-order valence-corrected chi connectivity index (χ4v) is 1.92. The van der Waals surface area contributed by atoms with E-state index in [9.17, 15) is 4.79 Å². The number of rotatable bonds is 3. The van der Waals surface area contributed by atoms with Crippen molar-refractivity contribution in [1.29, 1.82) is 0 Å². The second-order valence-electron chi connectivity index (χ2n) is 4.16. The van der Waals surface area contributed by atoms with E-state index < -0.39 is 0 Å². The number of carbonyl (C=O) groups is 1. The Morgan fingerprint density at radius 2 is 2.20 bits per heavy atom. The third-order valence-corrected chi connectivity index (χ3v) is 2.88. The zero-order valence-electron chi connectivity index (χ0n) is 10.8. The molecule has 0 aliphatic carbocycles. The molecule has 2 heterocycles. The number of anilines is 1. The maximum atomic E-state index is 12.0. The van der Waals surface area contributed by atoms with Crippen molar-refractivity contribution in [2.75, 3.05) is 12.4 Å². The van der Waals surface area contributed by atoms with Crippen LogP contribution in [0.2, 0.25) is 0 Å². The third kappa shape index (κ3) is 2.18. The number of aromatic amines is 1. The third-order valence-electron chi connectivity index (χ3n) is 2.88. The van der Waals surface area contributed by atoms with Crippen LogP contribution < -0.4 is 10.1 Å². The molecule has 100 valence electrons. The van der Waals surface area contributed by atoms with Crippen molar-refractivity contribution in [3.8, 4) is 5.88 Å². The largest absolute Gasteiger partial charge is 0.480 e. The number of H-pyrrole nitrogens is 1. The molecule has 0 saturated heterocycles. The Bertz CT molecular complexity index is 752. The van der Waals surface area contributed by atoms with Gasteiger partial charge in [0, 0.05) is 11.9 Å². The smallest absolute Gasteiger partial charge is 0.274 e. The standard InChI is InChI=1S/C14H12N4O2/c1-20-14-10-6-5-9(8-12(10)17-18-14)16-13(19)11-4-2-3-7-15-11/h2-8H,1H3,(H,16,19)(H,17,18). The number of hydrogen-bond donors (Lipinski definition) is 2. The highest BCUT2D eigenvalue weighted by molar-refractivity contribution is 6.03. The lowest BCUT2D eigenvalue weighted by atomic mass is 10.2. The van der Waals surface area contributed by atoms with E-state index >= 15 is 0 Å². The minimum Gasteiger partial charge on any atom is -0.480 e. The number of hydrogen-bond acceptors (Lipinski definition) is 4. The highest BCUT2D eigenvalue weighted by Crippen LogP contribution is 2.24. The quantitative estimate of drug-likeness (QED) is 0.763. The summed E-state index contributed by atoms with van der Waals surface area (Å²) in [5.41, 5.74) is 1.83. The molecule has 1 amide bonds. The molecule has 0 saturated carbocycles. The molecule has 3 aromatic rings. The molecule has 6 nitrogen and oxygen atoms in total. The van der Waals surface area contributed by atoms with Gasteiger partial charge in [0.2, 0.25) is 5.88 Å². The van der Waals surface area contributed by atoms with Gasteiger partial charge in [-0.2, -0.15) is 0 Å². The fourth-order valence-electron chi connectivity index (χ4n) is 1.92. The lowest BCUT2D eigenvalue weighted by molar-refractivity contribution is 0.102. The molecule has 0 fully saturated rings. The summed E-state index contributed by atoms with van der Waals surface area (Å²) in [6.45, 7) is 0. The van der Waals surface area contributed by atoms with Gasteiger partial charge in [-0.3, -0.25) is 14.9 Å². The van der Waals surface area contributed by atoms with E-state index in [1.165, 1.54) is 0 Å². The lowest BCUT2D eigenvalue weighted by Gasteiger charge is -2.04. The summed E-state index contributed by atoms with van der Waals surface area (Å²) >= 11 is 0. The summed E-state index contributed by atoms with van der Waals surface area (Å²) < 4.78 is 5.12. The van der Waals surface area contributed by atoms with Gasteiger partial charge in [-0.1, -0.05) is 6.07 Å². The van der Waals surface area contributed by atoms with Gasteiger partial charge in [-0.15, -0.1) is 5.10 Å². The van der Waals surface area contributed by atoms with Crippen molar-refractivity contribution in [1.82, 2.24) is 15.2 Å². The SMILES string of the molecule is COc1n[nH]c2cc(NC(=O)c3ccccn3)ccc12. The van der Waals surface area contributed by atoms with Gasteiger partial charge < -0.3 is 10.1 Å². The van der Waals surface area contributed by atoms with Gasteiger partial charge in [-0.05, 0) is 30.3 Å². The van der Waals surface area contributed by atoms with E-state index in [-0.39, 0.29) is 5.91 Å². The molecule has 0 aliphatic rings. The van der Waals surface area contributed by atoms with Crippen LogP contribution in [0.3, 0.4) is 0 Å². The number of amides is 1. The number of benzene rings is 1. The number of aromatic nitrogens is 3. The Balaban J connectivity index is 1.86. The topological polar surface area (TPSA) is 79.9 Å². The summed E-state index contributed by atoms with van der Waals surface area (Å²) in [7, 11) is 1.56. The van der Waals surface area contributed by atoms with Crippen molar-refractivity contribution in [2.45, 2.75) is 0 Å². The number of carbonyl (C=O) groups excluding carboxylic acids is 1. The van der Waals surface area contributed by atoms with E-state index in [0.717, 1.165) is 10.9 Å². The van der Waals surface area contributed by atoms with Gasteiger partial charge in [0.1, 0.15) is 5.69 Å². The summed E-state index contributed by atoms with van der Waals surface area (Å²) in [5, 5.41) is 10.5. The lowest BCUT2D eigenvalue weighted by Crippen LogP contribution is -2.13. The van der Waals surface area contributed by atoms with Gasteiger partial charge in [0.15, 0.2) is 0 Å². The van der Waals surface area contributed by atoms with Crippen LogP contribution in [0, 0.1) is 0 Å². The zero-order valence-corrected chi connectivity index (χ0v) is 10.8. The first-order chi connectivity index (χ1) is 9.78. The van der Waals surface area contributed by atoms with Crippen LogP contribution in [-0.2, 0) is 0 Å². The number of fused-ring (bicyclic) bond motifs is 1. The van der Waals surface area contributed by atoms with Crippen LogP contribution in [0.4, 0.5) is 5.69 Å². The number of ether oxygens (including phenoxy) is 1. The molecule has 2 aromatic heterocycles. The molecule has 0 unspecified atom stereocenters.